The Labute approximate surface area is 76.0 Å². The van der Waals surface area contributed by atoms with Crippen molar-refractivity contribution in [2.24, 2.45) is 0 Å². The van der Waals surface area contributed by atoms with Crippen molar-refractivity contribution in [2.45, 2.75) is 19.5 Å². The summed E-state index contributed by atoms with van der Waals surface area (Å²) >= 11 is 0. The van der Waals surface area contributed by atoms with Crippen molar-refractivity contribution in [3.63, 3.8) is 0 Å². The summed E-state index contributed by atoms with van der Waals surface area (Å²) in [5.74, 6) is -1.40. The summed E-state index contributed by atoms with van der Waals surface area (Å²) in [6, 6.07) is 7.19. The number of hydrogen-bond donors (Lipinski definition) is 1. The molecule has 0 spiro atoms. The molecule has 1 aromatic rings. The number of carboxylic acid groups (broad SMARTS) is 1. The van der Waals surface area contributed by atoms with Crippen LogP contribution in [0.15, 0.2) is 24.3 Å². The molecular weight excluding hydrogens is 171 g/mol. The summed E-state index contributed by atoms with van der Waals surface area (Å²) in [5, 5.41) is 8.36. The summed E-state index contributed by atoms with van der Waals surface area (Å²) in [4.78, 5) is 10.2. The zero-order valence-corrected chi connectivity index (χ0v) is 7.33. The first kappa shape index (κ1) is 9.71. The van der Waals surface area contributed by atoms with E-state index in [1.807, 2.05) is 19.1 Å². The molecular formula is C10H11FO2. The lowest BCUT2D eigenvalue weighted by atomic mass is 10.0. The normalized spacial score (nSPS) is 12.5. The Morgan fingerprint density at radius 2 is 2.15 bits per heavy atom. The highest BCUT2D eigenvalue weighted by molar-refractivity contribution is 5.72. The van der Waals surface area contributed by atoms with Gasteiger partial charge < -0.3 is 5.11 Å². The molecule has 0 saturated heterocycles. The van der Waals surface area contributed by atoms with E-state index in [0.717, 1.165) is 11.1 Å². The van der Waals surface area contributed by atoms with Gasteiger partial charge in [0.1, 0.15) is 0 Å². The lowest BCUT2D eigenvalue weighted by molar-refractivity contribution is -0.142. The van der Waals surface area contributed by atoms with E-state index in [0.29, 0.717) is 0 Å². The molecule has 0 aromatic heterocycles. The molecule has 0 unspecified atom stereocenters. The monoisotopic (exact) mass is 182 g/mol. The van der Waals surface area contributed by atoms with Gasteiger partial charge in [-0.3, -0.25) is 0 Å². The minimum absolute atomic E-state index is 0.0536. The Hall–Kier alpha value is -1.38. The second-order valence-electron chi connectivity index (χ2n) is 2.94. The quantitative estimate of drug-likeness (QED) is 0.775. The van der Waals surface area contributed by atoms with Gasteiger partial charge in [0, 0.05) is 6.42 Å². The van der Waals surface area contributed by atoms with Crippen molar-refractivity contribution in [1.29, 1.82) is 0 Å². The molecule has 1 rings (SSSR count). The van der Waals surface area contributed by atoms with Gasteiger partial charge in [-0.1, -0.05) is 24.3 Å². The maximum atomic E-state index is 12.8. The van der Waals surface area contributed by atoms with Gasteiger partial charge in [-0.05, 0) is 18.1 Å². The Balaban J connectivity index is 2.74. The fraction of sp³-hybridized carbons (Fsp3) is 0.300. The van der Waals surface area contributed by atoms with Crippen LogP contribution in [0.25, 0.3) is 0 Å². The second kappa shape index (κ2) is 4.03. The molecule has 0 heterocycles. The number of halogens is 1. The third-order valence-electron chi connectivity index (χ3n) is 1.93. The topological polar surface area (TPSA) is 37.3 Å². The molecule has 1 N–H and O–H groups in total. The molecule has 1 aromatic carbocycles. The molecule has 0 aliphatic carbocycles. The zero-order valence-electron chi connectivity index (χ0n) is 7.33. The second-order valence-corrected chi connectivity index (χ2v) is 2.94. The van der Waals surface area contributed by atoms with Crippen molar-refractivity contribution in [3.05, 3.63) is 35.4 Å². The Morgan fingerprint density at radius 3 is 2.69 bits per heavy atom. The van der Waals surface area contributed by atoms with Crippen LogP contribution in [0.2, 0.25) is 0 Å². The predicted molar refractivity (Wildman–Crippen MR) is 47.4 cm³/mol. The molecule has 2 nitrogen and oxygen atoms in total. The van der Waals surface area contributed by atoms with Gasteiger partial charge >= 0.3 is 5.97 Å². The van der Waals surface area contributed by atoms with E-state index in [9.17, 15) is 9.18 Å². The summed E-state index contributed by atoms with van der Waals surface area (Å²) in [6.45, 7) is 1.84. The zero-order chi connectivity index (χ0) is 9.84. The van der Waals surface area contributed by atoms with Crippen LogP contribution in [0.3, 0.4) is 0 Å². The van der Waals surface area contributed by atoms with Gasteiger partial charge in [-0.15, -0.1) is 0 Å². The highest BCUT2D eigenvalue weighted by atomic mass is 19.1. The first-order valence-electron chi connectivity index (χ1n) is 4.02. The lowest BCUT2D eigenvalue weighted by Crippen LogP contribution is -2.17. The number of carboxylic acids is 1. The van der Waals surface area contributed by atoms with Crippen LogP contribution in [0, 0.1) is 6.92 Å². The van der Waals surface area contributed by atoms with Crippen LogP contribution in [-0.4, -0.2) is 17.2 Å². The van der Waals surface area contributed by atoms with Crippen molar-refractivity contribution >= 4 is 5.97 Å². The van der Waals surface area contributed by atoms with Crippen LogP contribution < -0.4 is 0 Å². The largest absolute Gasteiger partial charge is 0.479 e. The molecule has 0 aliphatic rings. The van der Waals surface area contributed by atoms with Crippen molar-refractivity contribution in [2.75, 3.05) is 0 Å². The van der Waals surface area contributed by atoms with E-state index in [1.54, 1.807) is 12.1 Å². The van der Waals surface area contributed by atoms with Crippen molar-refractivity contribution in [3.8, 4) is 0 Å². The molecule has 0 radical (unpaired) electrons. The first-order valence-corrected chi connectivity index (χ1v) is 4.02. The number of hydrogen-bond acceptors (Lipinski definition) is 1. The number of aryl methyl sites for hydroxylation is 1. The summed E-state index contributed by atoms with van der Waals surface area (Å²) in [6.07, 6.45) is -1.86. The summed E-state index contributed by atoms with van der Waals surface area (Å²) in [7, 11) is 0. The van der Waals surface area contributed by atoms with Gasteiger partial charge in [0.2, 0.25) is 6.17 Å². The van der Waals surface area contributed by atoms with E-state index in [-0.39, 0.29) is 6.42 Å². The van der Waals surface area contributed by atoms with Crippen molar-refractivity contribution < 1.29 is 14.3 Å². The van der Waals surface area contributed by atoms with Crippen molar-refractivity contribution in [1.82, 2.24) is 0 Å². The average molecular weight is 182 g/mol. The molecule has 13 heavy (non-hydrogen) atoms. The maximum Gasteiger partial charge on any atom is 0.338 e. The standard InChI is InChI=1S/C10H11FO2/c1-7-4-2-3-5-8(7)6-9(11)10(12)13/h2-5,9H,6H2,1H3,(H,12,13)/t9-/m1/s1. The lowest BCUT2D eigenvalue weighted by Gasteiger charge is -2.05. The van der Waals surface area contributed by atoms with Crippen LogP contribution >= 0.6 is 0 Å². The molecule has 0 saturated carbocycles. The molecule has 70 valence electrons. The highest BCUT2D eigenvalue weighted by Gasteiger charge is 2.16. The molecule has 0 amide bonds. The van der Waals surface area contributed by atoms with E-state index in [1.165, 1.54) is 0 Å². The highest BCUT2D eigenvalue weighted by Crippen LogP contribution is 2.11. The average Bonchev–Trinajstić information content (AvgIpc) is 2.08. The predicted octanol–water partition coefficient (Wildman–Crippen LogP) is 1.96. The maximum absolute atomic E-state index is 12.8. The minimum Gasteiger partial charge on any atom is -0.479 e. The molecule has 0 bridgehead atoms. The number of carbonyl (C=O) groups is 1. The Kier molecular flexibility index (Phi) is 3.01. The van der Waals surface area contributed by atoms with Crippen LogP contribution in [0.1, 0.15) is 11.1 Å². The Bertz CT molecular complexity index is 310. The van der Waals surface area contributed by atoms with E-state index >= 15 is 0 Å². The molecule has 0 fully saturated rings. The van der Waals surface area contributed by atoms with E-state index in [4.69, 9.17) is 5.11 Å². The van der Waals surface area contributed by atoms with Crippen LogP contribution in [0.4, 0.5) is 4.39 Å². The minimum atomic E-state index is -1.80. The number of benzene rings is 1. The molecule has 3 heteroatoms. The fourth-order valence-corrected chi connectivity index (χ4v) is 1.12. The SMILES string of the molecule is Cc1ccccc1C[C@@H](F)C(=O)O. The third-order valence-corrected chi connectivity index (χ3v) is 1.93. The van der Waals surface area contributed by atoms with Crippen LogP contribution in [0.5, 0.6) is 0 Å². The van der Waals surface area contributed by atoms with Gasteiger partial charge in [0.15, 0.2) is 0 Å². The summed E-state index contributed by atoms with van der Waals surface area (Å²) < 4.78 is 12.8. The Morgan fingerprint density at radius 1 is 1.54 bits per heavy atom. The number of alkyl halides is 1. The number of aliphatic carboxylic acids is 1. The van der Waals surface area contributed by atoms with Gasteiger partial charge in [-0.2, -0.15) is 0 Å². The third kappa shape index (κ3) is 2.54. The molecule has 1 atom stereocenters. The first-order chi connectivity index (χ1) is 6.11. The van der Waals surface area contributed by atoms with Gasteiger partial charge in [-0.25, -0.2) is 9.18 Å². The van der Waals surface area contributed by atoms with E-state index < -0.39 is 12.1 Å². The number of rotatable bonds is 3. The van der Waals surface area contributed by atoms with E-state index in [2.05, 4.69) is 0 Å². The summed E-state index contributed by atoms with van der Waals surface area (Å²) in [5.41, 5.74) is 1.67. The van der Waals surface area contributed by atoms with Gasteiger partial charge in [0.25, 0.3) is 0 Å². The van der Waals surface area contributed by atoms with Gasteiger partial charge in [0.05, 0.1) is 0 Å². The fourth-order valence-electron chi connectivity index (χ4n) is 1.12. The van der Waals surface area contributed by atoms with Crippen LogP contribution in [-0.2, 0) is 11.2 Å². The smallest absolute Gasteiger partial charge is 0.338 e. The molecule has 0 aliphatic heterocycles.